The number of hydrogen-bond acceptors (Lipinski definition) is 2. The first-order chi connectivity index (χ1) is 13.2. The zero-order valence-electron chi connectivity index (χ0n) is 16.4. The van der Waals surface area contributed by atoms with Crippen LogP contribution in [-0.2, 0) is 18.3 Å². The molecule has 4 heteroatoms. The van der Waals surface area contributed by atoms with E-state index in [4.69, 9.17) is 0 Å². The maximum Gasteiger partial charge on any atom is 0.234 e. The number of aryl methyl sites for hydroxylation is 1. The van der Waals surface area contributed by atoms with Crippen LogP contribution in [0.2, 0.25) is 0 Å². The zero-order chi connectivity index (χ0) is 18.4. The Hall–Kier alpha value is -1.81. The lowest BCUT2D eigenvalue weighted by Crippen LogP contribution is -2.55. The predicted molar refractivity (Wildman–Crippen MR) is 109 cm³/mol. The first kappa shape index (κ1) is 17.3. The molecule has 4 nitrogen and oxygen atoms in total. The molecular weight excluding hydrogens is 334 g/mol. The van der Waals surface area contributed by atoms with Crippen molar-refractivity contribution in [2.24, 2.45) is 24.8 Å². The van der Waals surface area contributed by atoms with Crippen molar-refractivity contribution < 1.29 is 4.79 Å². The van der Waals surface area contributed by atoms with Crippen molar-refractivity contribution in [3.05, 3.63) is 36.0 Å². The molecule has 2 bridgehead atoms. The van der Waals surface area contributed by atoms with Gasteiger partial charge in [0.05, 0.1) is 6.54 Å². The Morgan fingerprint density at radius 1 is 1.19 bits per heavy atom. The third-order valence-corrected chi connectivity index (χ3v) is 7.57. The van der Waals surface area contributed by atoms with Gasteiger partial charge in [-0.05, 0) is 67.5 Å². The van der Waals surface area contributed by atoms with Crippen LogP contribution in [0.1, 0.15) is 37.8 Å². The van der Waals surface area contributed by atoms with Crippen molar-refractivity contribution in [2.75, 3.05) is 19.6 Å². The van der Waals surface area contributed by atoms with E-state index in [2.05, 4.69) is 52.2 Å². The normalized spacial score (nSPS) is 30.9. The summed E-state index contributed by atoms with van der Waals surface area (Å²) in [6, 6.07) is 11.3. The third-order valence-electron chi connectivity index (χ3n) is 7.57. The molecule has 1 unspecified atom stereocenters. The number of nitrogens with zero attached hydrogens (tertiary/aromatic N) is 2. The number of carbonyl (C=O) groups is 1. The molecule has 2 aromatic rings. The number of fused-ring (bicyclic) bond motifs is 3. The van der Waals surface area contributed by atoms with Gasteiger partial charge >= 0.3 is 0 Å². The summed E-state index contributed by atoms with van der Waals surface area (Å²) >= 11 is 0. The lowest BCUT2D eigenvalue weighted by molar-refractivity contribution is -0.125. The van der Waals surface area contributed by atoms with Crippen LogP contribution in [0, 0.1) is 17.8 Å². The van der Waals surface area contributed by atoms with Crippen LogP contribution in [0.4, 0.5) is 0 Å². The fraction of sp³-hybridized carbons (Fsp3) is 0.609. The minimum atomic E-state index is 0.191. The number of amides is 1. The van der Waals surface area contributed by atoms with Gasteiger partial charge in [0.1, 0.15) is 0 Å². The Balaban J connectivity index is 1.28. The summed E-state index contributed by atoms with van der Waals surface area (Å²) in [5.41, 5.74) is 2.66. The van der Waals surface area contributed by atoms with Gasteiger partial charge in [0.15, 0.2) is 0 Å². The number of carbonyl (C=O) groups excluding carboxylic acids is 1. The Bertz CT molecular complexity index is 841. The van der Waals surface area contributed by atoms with E-state index >= 15 is 0 Å². The molecule has 0 radical (unpaired) electrons. The Morgan fingerprint density at radius 3 is 2.85 bits per heavy atom. The largest absolute Gasteiger partial charge is 0.353 e. The van der Waals surface area contributed by atoms with Crippen LogP contribution in [-0.4, -0.2) is 41.1 Å². The molecule has 1 saturated heterocycles. The maximum atomic E-state index is 12.0. The smallest absolute Gasteiger partial charge is 0.234 e. The summed E-state index contributed by atoms with van der Waals surface area (Å²) in [4.78, 5) is 14.5. The SMILES string of the molecule is Cn1c(C[C@H]2CNC(=O)CN2CCC2C[C@@H]3CC[C@H]2C3)cc2ccccc21. The predicted octanol–water partition coefficient (Wildman–Crippen LogP) is 3.35. The quantitative estimate of drug-likeness (QED) is 0.882. The molecule has 2 aliphatic carbocycles. The lowest BCUT2D eigenvalue weighted by Gasteiger charge is -2.37. The highest BCUT2D eigenvalue weighted by Gasteiger charge is 2.39. The van der Waals surface area contributed by atoms with Crippen molar-refractivity contribution >= 4 is 16.8 Å². The minimum Gasteiger partial charge on any atom is -0.353 e. The van der Waals surface area contributed by atoms with E-state index in [1.54, 1.807) is 0 Å². The maximum absolute atomic E-state index is 12.0. The Kier molecular flexibility index (Phi) is 4.47. The summed E-state index contributed by atoms with van der Waals surface area (Å²) in [7, 11) is 2.17. The van der Waals surface area contributed by atoms with Gasteiger partial charge in [0.2, 0.25) is 5.91 Å². The first-order valence-corrected chi connectivity index (χ1v) is 10.7. The molecule has 1 aliphatic heterocycles. The van der Waals surface area contributed by atoms with Crippen molar-refractivity contribution in [3.63, 3.8) is 0 Å². The molecule has 0 spiro atoms. The zero-order valence-corrected chi connectivity index (χ0v) is 16.4. The summed E-state index contributed by atoms with van der Waals surface area (Å²) in [6.45, 7) is 2.42. The van der Waals surface area contributed by atoms with Crippen LogP contribution in [0.5, 0.6) is 0 Å². The van der Waals surface area contributed by atoms with Crippen molar-refractivity contribution in [1.29, 1.82) is 0 Å². The van der Waals surface area contributed by atoms with Crippen LogP contribution in [0.25, 0.3) is 10.9 Å². The van der Waals surface area contributed by atoms with Crippen LogP contribution < -0.4 is 5.32 Å². The summed E-state index contributed by atoms with van der Waals surface area (Å²) in [6.07, 6.45) is 8.12. The number of piperazine rings is 1. The standard InChI is InChI=1S/C23H31N3O/c1-25-20(12-19-4-2-3-5-22(19)25)13-21-14-24-23(27)15-26(21)9-8-18-11-16-6-7-17(18)10-16/h2-5,12,16-18,21H,6-11,13-15H2,1H3,(H,24,27)/t16-,17+,18?,21+/m1/s1. The topological polar surface area (TPSA) is 37.3 Å². The second-order valence-electron chi connectivity index (χ2n) is 9.11. The van der Waals surface area contributed by atoms with E-state index in [1.807, 2.05) is 0 Å². The van der Waals surface area contributed by atoms with E-state index in [0.717, 1.165) is 37.3 Å². The lowest BCUT2D eigenvalue weighted by atomic mass is 9.86. The van der Waals surface area contributed by atoms with Gasteiger partial charge < -0.3 is 9.88 Å². The van der Waals surface area contributed by atoms with E-state index in [0.29, 0.717) is 12.6 Å². The molecule has 27 heavy (non-hydrogen) atoms. The Morgan fingerprint density at radius 2 is 2.07 bits per heavy atom. The van der Waals surface area contributed by atoms with Gasteiger partial charge in [-0.15, -0.1) is 0 Å². The highest BCUT2D eigenvalue weighted by Crippen LogP contribution is 2.49. The van der Waals surface area contributed by atoms with Crippen molar-refractivity contribution in [2.45, 2.75) is 44.6 Å². The number of para-hydroxylation sites is 1. The molecule has 1 amide bonds. The number of rotatable bonds is 5. The van der Waals surface area contributed by atoms with Gasteiger partial charge in [-0.1, -0.05) is 24.6 Å². The van der Waals surface area contributed by atoms with Gasteiger partial charge in [-0.3, -0.25) is 9.69 Å². The van der Waals surface area contributed by atoms with E-state index in [1.165, 1.54) is 48.7 Å². The van der Waals surface area contributed by atoms with Crippen molar-refractivity contribution in [3.8, 4) is 0 Å². The fourth-order valence-electron chi connectivity index (χ4n) is 6.04. The van der Waals surface area contributed by atoms with Gasteiger partial charge in [0.25, 0.3) is 0 Å². The van der Waals surface area contributed by atoms with E-state index < -0.39 is 0 Å². The molecule has 1 aromatic heterocycles. The molecule has 1 N–H and O–H groups in total. The number of benzene rings is 1. The molecule has 2 saturated carbocycles. The highest BCUT2D eigenvalue weighted by atomic mass is 16.2. The molecule has 4 atom stereocenters. The minimum absolute atomic E-state index is 0.191. The second kappa shape index (κ2) is 6.97. The highest BCUT2D eigenvalue weighted by molar-refractivity contribution is 5.81. The molecular formula is C23H31N3O. The average Bonchev–Trinajstić information content (AvgIpc) is 3.37. The molecule has 3 aliphatic rings. The molecule has 144 valence electrons. The first-order valence-electron chi connectivity index (χ1n) is 10.7. The number of nitrogens with one attached hydrogen (secondary N) is 1. The summed E-state index contributed by atoms with van der Waals surface area (Å²) in [5, 5.41) is 4.41. The van der Waals surface area contributed by atoms with Gasteiger partial charge in [0, 0.05) is 37.3 Å². The second-order valence-corrected chi connectivity index (χ2v) is 9.11. The molecule has 5 rings (SSSR count). The fourth-order valence-corrected chi connectivity index (χ4v) is 6.04. The molecule has 2 heterocycles. The number of hydrogen-bond donors (Lipinski definition) is 1. The van der Waals surface area contributed by atoms with Crippen LogP contribution in [0.3, 0.4) is 0 Å². The number of aromatic nitrogens is 1. The molecule has 1 aromatic carbocycles. The van der Waals surface area contributed by atoms with Gasteiger partial charge in [-0.25, -0.2) is 0 Å². The van der Waals surface area contributed by atoms with E-state index in [-0.39, 0.29) is 5.91 Å². The monoisotopic (exact) mass is 365 g/mol. The van der Waals surface area contributed by atoms with E-state index in [9.17, 15) is 4.79 Å². The van der Waals surface area contributed by atoms with Crippen LogP contribution >= 0.6 is 0 Å². The van der Waals surface area contributed by atoms with Gasteiger partial charge in [-0.2, -0.15) is 0 Å². The van der Waals surface area contributed by atoms with Crippen molar-refractivity contribution in [1.82, 2.24) is 14.8 Å². The molecule has 3 fully saturated rings. The Labute approximate surface area is 161 Å². The summed E-state index contributed by atoms with van der Waals surface area (Å²) < 4.78 is 2.32. The summed E-state index contributed by atoms with van der Waals surface area (Å²) in [5.74, 6) is 3.09. The third kappa shape index (κ3) is 3.29. The van der Waals surface area contributed by atoms with Crippen LogP contribution in [0.15, 0.2) is 30.3 Å². The average molecular weight is 366 g/mol.